The minimum absolute atomic E-state index is 0.0831. The third kappa shape index (κ3) is 4.34. The average molecular weight is 293 g/mol. The van der Waals surface area contributed by atoms with Gasteiger partial charge < -0.3 is 20.5 Å². The van der Waals surface area contributed by atoms with E-state index in [1.807, 2.05) is 13.8 Å². The van der Waals surface area contributed by atoms with Gasteiger partial charge in [0, 0.05) is 18.8 Å². The molecule has 1 heterocycles. The van der Waals surface area contributed by atoms with Crippen molar-refractivity contribution in [1.82, 2.24) is 4.90 Å². The number of amides is 1. The molecule has 1 saturated heterocycles. The lowest BCUT2D eigenvalue weighted by Crippen LogP contribution is -2.48. The summed E-state index contributed by atoms with van der Waals surface area (Å²) >= 11 is 0. The van der Waals surface area contributed by atoms with Crippen molar-refractivity contribution in [3.63, 3.8) is 0 Å². The lowest BCUT2D eigenvalue weighted by molar-refractivity contribution is -0.121. The van der Waals surface area contributed by atoms with Crippen LogP contribution < -0.4 is 15.8 Å². The van der Waals surface area contributed by atoms with E-state index in [2.05, 4.69) is 10.2 Å². The Morgan fingerprint density at radius 2 is 2.10 bits per heavy atom. The van der Waals surface area contributed by atoms with Crippen molar-refractivity contribution < 1.29 is 14.3 Å². The standard InChI is InChI=1S/C15H23N3O3/c1-10-7-18(8-11(2)21-10)9-15(19)17-13-6-12(16)4-5-14(13)20-3/h4-6,10-11H,7-9,16H2,1-3H3,(H,17,19)/t10-,11+. The Hall–Kier alpha value is -1.79. The molecule has 0 spiro atoms. The number of ether oxygens (including phenoxy) is 2. The summed E-state index contributed by atoms with van der Waals surface area (Å²) in [4.78, 5) is 14.3. The van der Waals surface area contributed by atoms with Gasteiger partial charge in [-0.25, -0.2) is 0 Å². The number of methoxy groups -OCH3 is 1. The zero-order valence-corrected chi connectivity index (χ0v) is 12.8. The van der Waals surface area contributed by atoms with Crippen LogP contribution in [0.1, 0.15) is 13.8 Å². The summed E-state index contributed by atoms with van der Waals surface area (Å²) in [5.74, 6) is 0.515. The zero-order valence-electron chi connectivity index (χ0n) is 12.8. The van der Waals surface area contributed by atoms with Crippen LogP contribution in [-0.2, 0) is 9.53 Å². The average Bonchev–Trinajstić information content (AvgIpc) is 2.37. The van der Waals surface area contributed by atoms with E-state index in [4.69, 9.17) is 15.2 Å². The Labute approximate surface area is 125 Å². The fourth-order valence-corrected chi connectivity index (χ4v) is 2.63. The fourth-order valence-electron chi connectivity index (χ4n) is 2.63. The van der Waals surface area contributed by atoms with Gasteiger partial charge in [0.25, 0.3) is 0 Å². The molecule has 1 amide bonds. The second kappa shape index (κ2) is 6.78. The summed E-state index contributed by atoms with van der Waals surface area (Å²) in [6, 6.07) is 5.17. The minimum atomic E-state index is -0.0831. The van der Waals surface area contributed by atoms with E-state index in [-0.39, 0.29) is 18.1 Å². The number of morpholine rings is 1. The number of nitrogens with zero attached hydrogens (tertiary/aromatic N) is 1. The molecule has 1 aromatic rings. The summed E-state index contributed by atoms with van der Waals surface area (Å²) in [6.07, 6.45) is 0.284. The lowest BCUT2D eigenvalue weighted by Gasteiger charge is -2.34. The van der Waals surface area contributed by atoms with Gasteiger partial charge in [-0.15, -0.1) is 0 Å². The smallest absolute Gasteiger partial charge is 0.238 e. The molecule has 21 heavy (non-hydrogen) atoms. The minimum Gasteiger partial charge on any atom is -0.495 e. The molecule has 1 aromatic carbocycles. The Balaban J connectivity index is 1.97. The molecule has 0 unspecified atom stereocenters. The van der Waals surface area contributed by atoms with Crippen LogP contribution in [0.2, 0.25) is 0 Å². The second-order valence-electron chi connectivity index (χ2n) is 5.46. The third-order valence-corrected chi connectivity index (χ3v) is 3.36. The SMILES string of the molecule is COc1ccc(N)cc1NC(=O)CN1C[C@@H](C)O[C@@H](C)C1. The molecular formula is C15H23N3O3. The normalized spacial score (nSPS) is 22.8. The maximum atomic E-state index is 12.2. The highest BCUT2D eigenvalue weighted by molar-refractivity contribution is 5.94. The van der Waals surface area contributed by atoms with Crippen molar-refractivity contribution in [2.24, 2.45) is 0 Å². The van der Waals surface area contributed by atoms with Crippen molar-refractivity contribution in [1.29, 1.82) is 0 Å². The van der Waals surface area contributed by atoms with Crippen LogP contribution in [0.15, 0.2) is 18.2 Å². The maximum Gasteiger partial charge on any atom is 0.238 e. The highest BCUT2D eigenvalue weighted by Gasteiger charge is 2.23. The van der Waals surface area contributed by atoms with Crippen LogP contribution in [0, 0.1) is 0 Å². The van der Waals surface area contributed by atoms with E-state index in [0.717, 1.165) is 13.1 Å². The van der Waals surface area contributed by atoms with Crippen LogP contribution in [-0.4, -0.2) is 49.8 Å². The monoisotopic (exact) mass is 293 g/mol. The Bertz CT molecular complexity index is 497. The van der Waals surface area contributed by atoms with Crippen molar-refractivity contribution in [3.05, 3.63) is 18.2 Å². The van der Waals surface area contributed by atoms with Crippen molar-refractivity contribution in [2.75, 3.05) is 37.8 Å². The first-order valence-electron chi connectivity index (χ1n) is 7.09. The van der Waals surface area contributed by atoms with Gasteiger partial charge >= 0.3 is 0 Å². The van der Waals surface area contributed by atoms with Gasteiger partial charge in [-0.3, -0.25) is 9.69 Å². The van der Waals surface area contributed by atoms with Gasteiger partial charge in [0.05, 0.1) is 31.5 Å². The number of rotatable bonds is 4. The van der Waals surface area contributed by atoms with Crippen molar-refractivity contribution in [3.8, 4) is 5.75 Å². The first-order chi connectivity index (χ1) is 9.97. The molecule has 3 N–H and O–H groups in total. The number of benzene rings is 1. The molecule has 1 fully saturated rings. The van der Waals surface area contributed by atoms with Crippen LogP contribution in [0.3, 0.4) is 0 Å². The molecule has 0 aliphatic carbocycles. The molecule has 116 valence electrons. The third-order valence-electron chi connectivity index (χ3n) is 3.36. The number of nitrogen functional groups attached to an aromatic ring is 1. The summed E-state index contributed by atoms with van der Waals surface area (Å²) in [5, 5.41) is 2.85. The van der Waals surface area contributed by atoms with Crippen LogP contribution in [0.25, 0.3) is 0 Å². The van der Waals surface area contributed by atoms with Gasteiger partial charge in [-0.1, -0.05) is 0 Å². The van der Waals surface area contributed by atoms with Crippen LogP contribution in [0.4, 0.5) is 11.4 Å². The van der Waals surface area contributed by atoms with E-state index in [9.17, 15) is 4.79 Å². The molecule has 0 radical (unpaired) electrons. The molecule has 6 heteroatoms. The molecule has 2 rings (SSSR count). The van der Waals surface area contributed by atoms with E-state index in [1.54, 1.807) is 25.3 Å². The number of nitrogens with one attached hydrogen (secondary N) is 1. The Kier molecular flexibility index (Phi) is 5.03. The largest absolute Gasteiger partial charge is 0.495 e. The molecular weight excluding hydrogens is 270 g/mol. The van der Waals surface area contributed by atoms with Gasteiger partial charge in [-0.05, 0) is 32.0 Å². The molecule has 0 aromatic heterocycles. The van der Waals surface area contributed by atoms with Gasteiger partial charge in [0.2, 0.25) is 5.91 Å². The summed E-state index contributed by atoms with van der Waals surface area (Å²) < 4.78 is 10.9. The molecule has 1 aliphatic heterocycles. The number of hydrogen-bond donors (Lipinski definition) is 2. The van der Waals surface area contributed by atoms with Crippen molar-refractivity contribution in [2.45, 2.75) is 26.1 Å². The number of anilines is 2. The van der Waals surface area contributed by atoms with Gasteiger partial charge in [-0.2, -0.15) is 0 Å². The molecule has 1 aliphatic rings. The topological polar surface area (TPSA) is 76.8 Å². The number of hydrogen-bond acceptors (Lipinski definition) is 5. The number of carbonyl (C=O) groups is 1. The highest BCUT2D eigenvalue weighted by atomic mass is 16.5. The Morgan fingerprint density at radius 1 is 1.43 bits per heavy atom. The first-order valence-corrected chi connectivity index (χ1v) is 7.09. The zero-order chi connectivity index (χ0) is 15.4. The first kappa shape index (κ1) is 15.6. The van der Waals surface area contributed by atoms with Gasteiger partial charge in [0.1, 0.15) is 5.75 Å². The highest BCUT2D eigenvalue weighted by Crippen LogP contribution is 2.26. The van der Waals surface area contributed by atoms with Crippen LogP contribution >= 0.6 is 0 Å². The molecule has 0 saturated carbocycles. The van der Waals surface area contributed by atoms with Crippen molar-refractivity contribution >= 4 is 17.3 Å². The predicted octanol–water partition coefficient (Wildman–Crippen LogP) is 1.33. The van der Waals surface area contributed by atoms with E-state index >= 15 is 0 Å². The summed E-state index contributed by atoms with van der Waals surface area (Å²) in [5.41, 5.74) is 6.92. The second-order valence-corrected chi connectivity index (χ2v) is 5.46. The predicted molar refractivity (Wildman–Crippen MR) is 82.5 cm³/mol. The van der Waals surface area contributed by atoms with Crippen LogP contribution in [0.5, 0.6) is 5.75 Å². The maximum absolute atomic E-state index is 12.2. The Morgan fingerprint density at radius 3 is 2.71 bits per heavy atom. The molecule has 6 nitrogen and oxygen atoms in total. The molecule has 0 bridgehead atoms. The quantitative estimate of drug-likeness (QED) is 0.819. The van der Waals surface area contributed by atoms with E-state index < -0.39 is 0 Å². The van der Waals surface area contributed by atoms with Gasteiger partial charge in [0.15, 0.2) is 0 Å². The van der Waals surface area contributed by atoms with E-state index in [1.165, 1.54) is 0 Å². The molecule has 2 atom stereocenters. The summed E-state index contributed by atoms with van der Waals surface area (Å²) in [7, 11) is 1.56. The lowest BCUT2D eigenvalue weighted by atomic mass is 10.2. The van der Waals surface area contributed by atoms with E-state index in [0.29, 0.717) is 23.7 Å². The number of carbonyl (C=O) groups excluding carboxylic acids is 1. The number of nitrogens with two attached hydrogens (primary N) is 1. The fraction of sp³-hybridized carbons (Fsp3) is 0.533. The summed E-state index contributed by atoms with van der Waals surface area (Å²) in [6.45, 7) is 5.87.